The molecule has 0 amide bonds. The number of aromatic hydroxyl groups is 1. The molecule has 4 nitrogen and oxygen atoms in total. The SMILES string of the molecule is CC1(NCc2cc(Br)c(O)c(Br)c2)CCS(=O)(=O)C1. The van der Waals surface area contributed by atoms with Gasteiger partial charge in [-0.05, 0) is 62.9 Å². The van der Waals surface area contributed by atoms with Gasteiger partial charge in [-0.25, -0.2) is 8.42 Å². The third kappa shape index (κ3) is 3.71. The standard InChI is InChI=1S/C12H15Br2NO3S/c1-12(2-3-19(17,18)7-12)15-6-8-4-9(13)11(16)10(14)5-8/h4-5,15-16H,2-3,6-7H2,1H3. The van der Waals surface area contributed by atoms with Crippen molar-refractivity contribution in [2.24, 2.45) is 0 Å². The monoisotopic (exact) mass is 411 g/mol. The van der Waals surface area contributed by atoms with Crippen molar-refractivity contribution in [3.05, 3.63) is 26.6 Å². The molecule has 1 aromatic carbocycles. The summed E-state index contributed by atoms with van der Waals surface area (Å²) in [5.74, 6) is 0.596. The number of phenolic OH excluding ortho intramolecular Hbond substituents is 1. The van der Waals surface area contributed by atoms with Crippen LogP contribution in [0.5, 0.6) is 5.75 Å². The lowest BCUT2D eigenvalue weighted by Gasteiger charge is -2.24. The Morgan fingerprint density at radius 2 is 1.95 bits per heavy atom. The molecule has 2 rings (SSSR count). The van der Waals surface area contributed by atoms with Crippen LogP contribution in [0.4, 0.5) is 0 Å². The van der Waals surface area contributed by atoms with Gasteiger partial charge in [-0.1, -0.05) is 0 Å². The molecular weight excluding hydrogens is 398 g/mol. The number of sulfone groups is 1. The van der Waals surface area contributed by atoms with Gasteiger partial charge in [0, 0.05) is 12.1 Å². The number of nitrogens with one attached hydrogen (secondary N) is 1. The van der Waals surface area contributed by atoms with Gasteiger partial charge in [-0.3, -0.25) is 0 Å². The Bertz CT molecular complexity index is 580. The normalized spacial score (nSPS) is 25.6. The van der Waals surface area contributed by atoms with E-state index in [2.05, 4.69) is 37.2 Å². The highest BCUT2D eigenvalue weighted by atomic mass is 79.9. The van der Waals surface area contributed by atoms with E-state index in [1.165, 1.54) is 0 Å². The van der Waals surface area contributed by atoms with Gasteiger partial charge in [0.25, 0.3) is 0 Å². The highest BCUT2D eigenvalue weighted by Gasteiger charge is 2.37. The molecule has 0 radical (unpaired) electrons. The van der Waals surface area contributed by atoms with E-state index in [4.69, 9.17) is 0 Å². The molecule has 0 bridgehead atoms. The van der Waals surface area contributed by atoms with E-state index in [9.17, 15) is 13.5 Å². The number of phenols is 1. The number of hydrogen-bond donors (Lipinski definition) is 2. The van der Waals surface area contributed by atoms with Crippen molar-refractivity contribution in [3.63, 3.8) is 0 Å². The third-order valence-corrected chi connectivity index (χ3v) is 6.41. The van der Waals surface area contributed by atoms with Crippen LogP contribution in [0.25, 0.3) is 0 Å². The van der Waals surface area contributed by atoms with Crippen molar-refractivity contribution in [1.29, 1.82) is 0 Å². The van der Waals surface area contributed by atoms with Crippen molar-refractivity contribution in [3.8, 4) is 5.75 Å². The highest BCUT2D eigenvalue weighted by Crippen LogP contribution is 2.33. The van der Waals surface area contributed by atoms with Gasteiger partial charge in [0.2, 0.25) is 0 Å². The zero-order chi connectivity index (χ0) is 14.3. The number of benzene rings is 1. The molecule has 1 atom stereocenters. The van der Waals surface area contributed by atoms with Gasteiger partial charge in [0.1, 0.15) is 5.75 Å². The Kier molecular flexibility index (Phi) is 4.30. The van der Waals surface area contributed by atoms with Crippen molar-refractivity contribution in [1.82, 2.24) is 5.32 Å². The Hall–Kier alpha value is -0.110. The van der Waals surface area contributed by atoms with Gasteiger partial charge < -0.3 is 10.4 Å². The molecule has 0 aliphatic carbocycles. The summed E-state index contributed by atoms with van der Waals surface area (Å²) in [6.45, 7) is 2.49. The summed E-state index contributed by atoms with van der Waals surface area (Å²) in [5, 5.41) is 12.9. The lowest BCUT2D eigenvalue weighted by atomic mass is 10.0. The zero-order valence-electron chi connectivity index (χ0n) is 10.4. The molecule has 1 unspecified atom stereocenters. The smallest absolute Gasteiger partial charge is 0.152 e. The minimum Gasteiger partial charge on any atom is -0.506 e. The van der Waals surface area contributed by atoms with E-state index in [0.29, 0.717) is 21.9 Å². The second-order valence-electron chi connectivity index (χ2n) is 5.16. The largest absolute Gasteiger partial charge is 0.506 e. The van der Waals surface area contributed by atoms with Crippen LogP contribution in [0, 0.1) is 0 Å². The highest BCUT2D eigenvalue weighted by molar-refractivity contribution is 9.11. The second kappa shape index (κ2) is 5.35. The first-order valence-corrected chi connectivity index (χ1v) is 9.24. The molecule has 1 fully saturated rings. The second-order valence-corrected chi connectivity index (χ2v) is 9.06. The van der Waals surface area contributed by atoms with E-state index < -0.39 is 9.84 Å². The van der Waals surface area contributed by atoms with E-state index in [0.717, 1.165) is 5.56 Å². The average molecular weight is 413 g/mol. The van der Waals surface area contributed by atoms with Crippen LogP contribution in [0.15, 0.2) is 21.1 Å². The predicted molar refractivity (Wildman–Crippen MR) is 82.0 cm³/mol. The number of halogens is 2. The molecule has 1 heterocycles. The first-order chi connectivity index (χ1) is 8.71. The summed E-state index contributed by atoms with van der Waals surface area (Å²) in [5.41, 5.74) is 0.609. The summed E-state index contributed by atoms with van der Waals surface area (Å²) >= 11 is 6.56. The van der Waals surface area contributed by atoms with Crippen LogP contribution in [-0.2, 0) is 16.4 Å². The molecular formula is C12H15Br2NO3S. The fraction of sp³-hybridized carbons (Fsp3) is 0.500. The topological polar surface area (TPSA) is 66.4 Å². The fourth-order valence-corrected chi connectivity index (χ4v) is 5.59. The van der Waals surface area contributed by atoms with E-state index in [1.54, 1.807) is 0 Å². The lowest BCUT2D eigenvalue weighted by Crippen LogP contribution is -2.42. The number of rotatable bonds is 3. The molecule has 0 spiro atoms. The fourth-order valence-electron chi connectivity index (χ4n) is 2.19. The molecule has 0 saturated carbocycles. The van der Waals surface area contributed by atoms with Crippen molar-refractivity contribution in [2.45, 2.75) is 25.4 Å². The average Bonchev–Trinajstić information content (AvgIpc) is 2.58. The summed E-state index contributed by atoms with van der Waals surface area (Å²) in [6, 6.07) is 3.64. The molecule has 106 valence electrons. The van der Waals surface area contributed by atoms with Crippen molar-refractivity contribution < 1.29 is 13.5 Å². The van der Waals surface area contributed by atoms with Crippen LogP contribution in [0.2, 0.25) is 0 Å². The number of hydrogen-bond acceptors (Lipinski definition) is 4. The Morgan fingerprint density at radius 3 is 2.42 bits per heavy atom. The van der Waals surface area contributed by atoms with Crippen LogP contribution >= 0.6 is 31.9 Å². The molecule has 19 heavy (non-hydrogen) atoms. The van der Waals surface area contributed by atoms with Crippen LogP contribution < -0.4 is 5.32 Å². The summed E-state index contributed by atoms with van der Waals surface area (Å²) in [6.07, 6.45) is 0.635. The van der Waals surface area contributed by atoms with Gasteiger partial charge in [-0.15, -0.1) is 0 Å². The van der Waals surface area contributed by atoms with Crippen LogP contribution in [0.3, 0.4) is 0 Å². The van der Waals surface area contributed by atoms with E-state index >= 15 is 0 Å². The maximum atomic E-state index is 11.5. The summed E-state index contributed by atoms with van der Waals surface area (Å²) in [4.78, 5) is 0. The van der Waals surface area contributed by atoms with Gasteiger partial charge in [0.05, 0.1) is 20.5 Å². The van der Waals surface area contributed by atoms with Crippen LogP contribution in [-0.4, -0.2) is 30.6 Å². The minimum atomic E-state index is -2.90. The molecule has 1 aliphatic heterocycles. The summed E-state index contributed by atoms with van der Waals surface area (Å²) < 4.78 is 24.3. The maximum Gasteiger partial charge on any atom is 0.152 e. The molecule has 1 saturated heterocycles. The first-order valence-electron chi connectivity index (χ1n) is 5.83. The van der Waals surface area contributed by atoms with Gasteiger partial charge >= 0.3 is 0 Å². The van der Waals surface area contributed by atoms with Gasteiger partial charge in [-0.2, -0.15) is 0 Å². The van der Waals surface area contributed by atoms with Crippen molar-refractivity contribution in [2.75, 3.05) is 11.5 Å². The zero-order valence-corrected chi connectivity index (χ0v) is 14.4. The maximum absolute atomic E-state index is 11.5. The predicted octanol–water partition coefficient (Wildman–Crippen LogP) is 2.58. The molecule has 7 heteroatoms. The van der Waals surface area contributed by atoms with Crippen molar-refractivity contribution >= 4 is 41.7 Å². The molecule has 0 aromatic heterocycles. The quantitative estimate of drug-likeness (QED) is 0.800. The molecule has 1 aliphatic rings. The summed E-state index contributed by atoms with van der Waals surface area (Å²) in [7, 11) is -2.90. The molecule has 2 N–H and O–H groups in total. The first kappa shape index (κ1) is 15.3. The lowest BCUT2D eigenvalue weighted by molar-refractivity contribution is 0.395. The third-order valence-electron chi connectivity index (χ3n) is 3.30. The minimum absolute atomic E-state index is 0.165. The van der Waals surface area contributed by atoms with Crippen LogP contribution in [0.1, 0.15) is 18.9 Å². The Labute approximate surface area is 129 Å². The Balaban J connectivity index is 2.08. The Morgan fingerprint density at radius 1 is 1.37 bits per heavy atom. The van der Waals surface area contributed by atoms with E-state index in [-0.39, 0.29) is 22.8 Å². The van der Waals surface area contributed by atoms with E-state index in [1.807, 2.05) is 19.1 Å². The van der Waals surface area contributed by atoms with Gasteiger partial charge in [0.15, 0.2) is 9.84 Å². The molecule has 1 aromatic rings.